The molecule has 0 aliphatic carbocycles. The van der Waals surface area contributed by atoms with Crippen LogP contribution < -0.4 is 14.4 Å². The fraction of sp³-hybridized carbons (Fsp3) is 0.233. The highest BCUT2D eigenvalue weighted by Crippen LogP contribution is 2.43. The summed E-state index contributed by atoms with van der Waals surface area (Å²) in [6, 6.07) is 17.7. The molecule has 2 aliphatic heterocycles. The van der Waals surface area contributed by atoms with Gasteiger partial charge in [-0.2, -0.15) is 0 Å². The van der Waals surface area contributed by atoms with E-state index in [2.05, 4.69) is 0 Å². The van der Waals surface area contributed by atoms with Gasteiger partial charge in [-0.3, -0.25) is 14.5 Å². The maximum Gasteiger partial charge on any atom is 0.338 e. The van der Waals surface area contributed by atoms with Crippen molar-refractivity contribution in [2.24, 2.45) is 0 Å². The van der Waals surface area contributed by atoms with Gasteiger partial charge < -0.3 is 19.3 Å². The van der Waals surface area contributed by atoms with Crippen LogP contribution in [0, 0.1) is 6.92 Å². The highest BCUT2D eigenvalue weighted by molar-refractivity contribution is 6.51. The number of nitrogens with zero attached hydrogens (tertiary/aromatic N) is 1. The molecule has 1 unspecified atom stereocenters. The van der Waals surface area contributed by atoms with Crippen molar-refractivity contribution in [1.29, 1.82) is 0 Å². The lowest BCUT2D eigenvalue weighted by atomic mass is 9.94. The number of carbonyl (C=O) groups excluding carboxylic acids is 3. The highest BCUT2D eigenvalue weighted by Gasteiger charge is 2.47. The number of esters is 1. The maximum absolute atomic E-state index is 13.5. The number of aliphatic hydroxyl groups is 1. The number of aliphatic hydroxyl groups excluding tert-OH is 1. The Bertz CT molecular complexity index is 1460. The third kappa shape index (κ3) is 4.61. The third-order valence-electron chi connectivity index (χ3n) is 6.42. The van der Waals surface area contributed by atoms with Crippen LogP contribution in [0.5, 0.6) is 11.5 Å². The van der Waals surface area contributed by atoms with Gasteiger partial charge in [0.1, 0.15) is 19.0 Å². The Morgan fingerprint density at radius 1 is 0.974 bits per heavy atom. The van der Waals surface area contributed by atoms with Crippen LogP contribution in [-0.2, 0) is 14.3 Å². The monoisotopic (exact) mass is 513 g/mol. The molecule has 194 valence electrons. The molecule has 0 radical (unpaired) electrons. The number of hydrogen-bond donors (Lipinski definition) is 1. The molecule has 8 heteroatoms. The highest BCUT2D eigenvalue weighted by atomic mass is 16.6. The van der Waals surface area contributed by atoms with Gasteiger partial charge >= 0.3 is 5.97 Å². The average molecular weight is 514 g/mol. The molecule has 1 atom stereocenters. The number of Topliss-reactive ketones (excluding diaryl/α,β-unsaturated/α-hetero) is 1. The average Bonchev–Trinajstić information content (AvgIpc) is 3.21. The molecule has 1 N–H and O–H groups in total. The molecule has 0 aromatic heterocycles. The number of ether oxygens (including phenoxy) is 3. The second-order valence-corrected chi connectivity index (χ2v) is 9.13. The first-order chi connectivity index (χ1) is 18.4. The number of aryl methyl sites for hydroxylation is 1. The summed E-state index contributed by atoms with van der Waals surface area (Å²) in [5.41, 5.74) is 2.42. The summed E-state index contributed by atoms with van der Waals surface area (Å²) in [5.74, 6) is -1.51. The maximum atomic E-state index is 13.5. The molecule has 3 aromatic carbocycles. The molecule has 1 amide bonds. The van der Waals surface area contributed by atoms with Gasteiger partial charge in [-0.25, -0.2) is 4.79 Å². The molecule has 8 nitrogen and oxygen atoms in total. The van der Waals surface area contributed by atoms with E-state index in [1.54, 1.807) is 42.5 Å². The zero-order chi connectivity index (χ0) is 26.8. The van der Waals surface area contributed by atoms with E-state index in [4.69, 9.17) is 14.2 Å². The van der Waals surface area contributed by atoms with Crippen LogP contribution in [-0.4, -0.2) is 42.6 Å². The van der Waals surface area contributed by atoms with Crippen molar-refractivity contribution in [1.82, 2.24) is 0 Å². The van der Waals surface area contributed by atoms with Crippen LogP contribution in [0.25, 0.3) is 5.76 Å². The Labute approximate surface area is 220 Å². The Morgan fingerprint density at radius 2 is 1.74 bits per heavy atom. The van der Waals surface area contributed by atoms with Gasteiger partial charge in [0.05, 0.1) is 23.8 Å². The van der Waals surface area contributed by atoms with Crippen LogP contribution in [0.3, 0.4) is 0 Å². The first-order valence-corrected chi connectivity index (χ1v) is 12.4. The molecular weight excluding hydrogens is 486 g/mol. The van der Waals surface area contributed by atoms with E-state index < -0.39 is 23.7 Å². The Hall–Kier alpha value is -4.59. The summed E-state index contributed by atoms with van der Waals surface area (Å²) in [7, 11) is 0. The molecule has 0 saturated carbocycles. The predicted molar refractivity (Wildman–Crippen MR) is 140 cm³/mol. The lowest BCUT2D eigenvalue weighted by molar-refractivity contribution is -0.132. The zero-order valence-corrected chi connectivity index (χ0v) is 21.1. The molecule has 2 heterocycles. The molecule has 5 rings (SSSR count). The lowest BCUT2D eigenvalue weighted by Crippen LogP contribution is -2.29. The molecule has 0 bridgehead atoms. The van der Waals surface area contributed by atoms with Crippen LogP contribution >= 0.6 is 0 Å². The summed E-state index contributed by atoms with van der Waals surface area (Å²) in [6.45, 7) is 4.85. The Balaban J connectivity index is 1.64. The topological polar surface area (TPSA) is 102 Å². The van der Waals surface area contributed by atoms with E-state index in [1.165, 1.54) is 11.0 Å². The van der Waals surface area contributed by atoms with E-state index >= 15 is 0 Å². The van der Waals surface area contributed by atoms with Crippen molar-refractivity contribution < 1.29 is 33.7 Å². The van der Waals surface area contributed by atoms with Gasteiger partial charge in [-0.15, -0.1) is 0 Å². The number of hydrogen-bond acceptors (Lipinski definition) is 7. The smallest absolute Gasteiger partial charge is 0.338 e. The van der Waals surface area contributed by atoms with Crippen LogP contribution in [0.1, 0.15) is 46.4 Å². The van der Waals surface area contributed by atoms with Crippen molar-refractivity contribution in [2.45, 2.75) is 26.3 Å². The van der Waals surface area contributed by atoms with Crippen molar-refractivity contribution >= 4 is 29.1 Å². The van der Waals surface area contributed by atoms with E-state index in [0.717, 1.165) is 5.56 Å². The summed E-state index contributed by atoms with van der Waals surface area (Å²) in [6.07, 6.45) is 0.674. The lowest BCUT2D eigenvalue weighted by Gasteiger charge is -2.26. The minimum absolute atomic E-state index is 0.0590. The fourth-order valence-corrected chi connectivity index (χ4v) is 4.66. The summed E-state index contributed by atoms with van der Waals surface area (Å²) in [5, 5.41) is 11.4. The first kappa shape index (κ1) is 25.1. The van der Waals surface area contributed by atoms with Crippen LogP contribution in [0.4, 0.5) is 5.69 Å². The number of amides is 1. The SMILES string of the molecule is CCCOC(=O)c1cccc(N2C(=O)C(=O)/C(=C(\O)c3ccc4c(c3)OCCO4)C2c2cccc(C)c2)c1. The van der Waals surface area contributed by atoms with Crippen molar-refractivity contribution in [3.63, 3.8) is 0 Å². The first-order valence-electron chi connectivity index (χ1n) is 12.4. The standard InChI is InChI=1S/C30H27NO7/c1-3-12-38-30(35)21-8-5-9-22(16-21)31-26(19-7-4-6-18(2)15-19)25(28(33)29(31)34)27(32)20-10-11-23-24(17-20)37-14-13-36-23/h4-11,15-17,26,32H,3,12-14H2,1-2H3/b27-25-. The second kappa shape index (κ2) is 10.4. The van der Waals surface area contributed by atoms with Crippen molar-refractivity contribution in [3.8, 4) is 11.5 Å². The molecular formula is C30H27NO7. The van der Waals surface area contributed by atoms with E-state index in [0.29, 0.717) is 47.9 Å². The summed E-state index contributed by atoms with van der Waals surface area (Å²) in [4.78, 5) is 40.8. The Morgan fingerprint density at radius 3 is 2.50 bits per heavy atom. The fourth-order valence-electron chi connectivity index (χ4n) is 4.66. The number of fused-ring (bicyclic) bond motifs is 1. The van der Waals surface area contributed by atoms with Gasteiger partial charge in [0, 0.05) is 11.3 Å². The molecule has 2 aliphatic rings. The number of benzene rings is 3. The largest absolute Gasteiger partial charge is 0.507 e. The van der Waals surface area contributed by atoms with Crippen LogP contribution in [0.15, 0.2) is 72.3 Å². The minimum Gasteiger partial charge on any atom is -0.507 e. The second-order valence-electron chi connectivity index (χ2n) is 9.13. The van der Waals surface area contributed by atoms with Gasteiger partial charge in [0.2, 0.25) is 0 Å². The van der Waals surface area contributed by atoms with Crippen molar-refractivity contribution in [2.75, 3.05) is 24.7 Å². The molecule has 1 fully saturated rings. The van der Waals surface area contributed by atoms with Gasteiger partial charge in [0.25, 0.3) is 11.7 Å². The number of carbonyl (C=O) groups is 3. The summed E-state index contributed by atoms with van der Waals surface area (Å²) >= 11 is 0. The molecule has 0 spiro atoms. The van der Waals surface area contributed by atoms with E-state index in [1.807, 2.05) is 32.0 Å². The predicted octanol–water partition coefficient (Wildman–Crippen LogP) is 4.96. The van der Waals surface area contributed by atoms with Gasteiger partial charge in [0.15, 0.2) is 11.5 Å². The van der Waals surface area contributed by atoms with Gasteiger partial charge in [-0.05, 0) is 55.3 Å². The Kier molecular flexibility index (Phi) is 6.87. The normalized spacial score (nSPS) is 17.9. The van der Waals surface area contributed by atoms with Gasteiger partial charge in [-0.1, -0.05) is 42.8 Å². The van der Waals surface area contributed by atoms with E-state index in [-0.39, 0.29) is 23.5 Å². The molecule has 3 aromatic rings. The molecule has 1 saturated heterocycles. The van der Waals surface area contributed by atoms with Crippen LogP contribution in [0.2, 0.25) is 0 Å². The zero-order valence-electron chi connectivity index (χ0n) is 21.1. The third-order valence-corrected chi connectivity index (χ3v) is 6.42. The summed E-state index contributed by atoms with van der Waals surface area (Å²) < 4.78 is 16.5. The minimum atomic E-state index is -0.926. The number of rotatable bonds is 6. The molecule has 38 heavy (non-hydrogen) atoms. The number of anilines is 1. The van der Waals surface area contributed by atoms with E-state index in [9.17, 15) is 19.5 Å². The quantitative estimate of drug-likeness (QED) is 0.215. The van der Waals surface area contributed by atoms with Crippen molar-refractivity contribution in [3.05, 3.63) is 94.6 Å². The number of ketones is 1.